The molecule has 0 aliphatic heterocycles. The van der Waals surface area contributed by atoms with Crippen LogP contribution in [0.15, 0.2) is 97.1 Å². The van der Waals surface area contributed by atoms with Crippen molar-refractivity contribution in [2.45, 2.75) is 137 Å². The molecule has 332 valence electrons. The van der Waals surface area contributed by atoms with Gasteiger partial charge in [0.15, 0.2) is 0 Å². The molecule has 62 heavy (non-hydrogen) atoms. The maximum atomic E-state index is 13.0. The molecule has 0 unspecified atom stereocenters. The minimum absolute atomic E-state index is 0.0574. The van der Waals surface area contributed by atoms with E-state index in [2.05, 4.69) is 47.3 Å². The third-order valence-electron chi connectivity index (χ3n) is 15.5. The summed E-state index contributed by atoms with van der Waals surface area (Å²) in [6, 6.07) is 21.4. The molecule has 0 N–H and O–H groups in total. The van der Waals surface area contributed by atoms with Crippen molar-refractivity contribution in [1.82, 2.24) is 0 Å². The molecular weight excluding hydrogens is 773 g/mol. The molecule has 3 aromatic carbocycles. The number of hydrogen-bond donors (Lipinski definition) is 0. The lowest BCUT2D eigenvalue weighted by molar-refractivity contribution is -0.152. The SMILES string of the molecule is C=CCOc1ccc(-c2ccc(OC(=O)c3ccc(OC(=O)CCCCC(=O)O[C@H]4CC[C@@]5(C)C(=CC[C@H]6[C@@H]7CC[C@H]([C@H](C)CCCC(C)C)[C@@]7(C)CC[C@@H]65)C4)cc3)cc2)cc1. The van der Waals surface area contributed by atoms with E-state index in [9.17, 15) is 14.4 Å². The number of benzene rings is 3. The van der Waals surface area contributed by atoms with E-state index in [4.69, 9.17) is 18.9 Å². The molecule has 0 spiro atoms. The predicted octanol–water partition coefficient (Wildman–Crippen LogP) is 13.6. The molecule has 8 atom stereocenters. The van der Waals surface area contributed by atoms with Crippen molar-refractivity contribution in [3.63, 3.8) is 0 Å². The van der Waals surface area contributed by atoms with Gasteiger partial charge < -0.3 is 18.9 Å². The molecule has 7 heteroatoms. The summed E-state index contributed by atoms with van der Waals surface area (Å²) < 4.78 is 22.7. The van der Waals surface area contributed by atoms with Crippen LogP contribution in [0, 0.1) is 46.3 Å². The summed E-state index contributed by atoms with van der Waals surface area (Å²) in [5.41, 5.74) is 4.58. The van der Waals surface area contributed by atoms with Gasteiger partial charge in [0.05, 0.1) is 5.56 Å². The first-order chi connectivity index (χ1) is 29.9. The van der Waals surface area contributed by atoms with Crippen LogP contribution in [0.5, 0.6) is 17.2 Å². The second-order valence-electron chi connectivity index (χ2n) is 19.9. The Bertz CT molecular complexity index is 2030. The number of unbranched alkanes of at least 4 members (excludes halogenated alkanes) is 1. The first kappa shape index (κ1) is 45.4. The molecule has 7 nitrogen and oxygen atoms in total. The second kappa shape index (κ2) is 20.2. The van der Waals surface area contributed by atoms with Crippen LogP contribution in [-0.4, -0.2) is 30.6 Å². The Morgan fingerprint density at radius 3 is 2.05 bits per heavy atom. The number of allylic oxidation sites excluding steroid dienone is 1. The second-order valence-corrected chi connectivity index (χ2v) is 19.9. The van der Waals surface area contributed by atoms with E-state index in [1.807, 2.05) is 36.4 Å². The van der Waals surface area contributed by atoms with E-state index in [0.717, 1.165) is 71.6 Å². The molecule has 3 aromatic rings. The molecule has 0 bridgehead atoms. The molecule has 3 fully saturated rings. The van der Waals surface area contributed by atoms with Gasteiger partial charge >= 0.3 is 17.9 Å². The van der Waals surface area contributed by atoms with Crippen molar-refractivity contribution in [1.29, 1.82) is 0 Å². The van der Waals surface area contributed by atoms with Crippen LogP contribution in [-0.2, 0) is 14.3 Å². The highest BCUT2D eigenvalue weighted by molar-refractivity contribution is 5.91. The highest BCUT2D eigenvalue weighted by atomic mass is 16.5. The molecule has 3 saturated carbocycles. The van der Waals surface area contributed by atoms with Crippen LogP contribution in [0.4, 0.5) is 0 Å². The molecule has 0 saturated heterocycles. The Morgan fingerprint density at radius 1 is 0.726 bits per heavy atom. The van der Waals surface area contributed by atoms with E-state index in [1.54, 1.807) is 42.5 Å². The zero-order valence-corrected chi connectivity index (χ0v) is 38.0. The van der Waals surface area contributed by atoms with Crippen LogP contribution in [0.3, 0.4) is 0 Å². The lowest BCUT2D eigenvalue weighted by Crippen LogP contribution is -2.51. The van der Waals surface area contributed by atoms with Gasteiger partial charge in [0.2, 0.25) is 0 Å². The first-order valence-electron chi connectivity index (χ1n) is 23.7. The van der Waals surface area contributed by atoms with Crippen molar-refractivity contribution in [2.24, 2.45) is 46.3 Å². The fourth-order valence-corrected chi connectivity index (χ4v) is 12.2. The molecule has 0 amide bonds. The topological polar surface area (TPSA) is 88.1 Å². The Labute approximate surface area is 371 Å². The van der Waals surface area contributed by atoms with Gasteiger partial charge in [-0.2, -0.15) is 0 Å². The van der Waals surface area contributed by atoms with E-state index < -0.39 is 5.97 Å². The molecule has 0 heterocycles. The quantitative estimate of drug-likeness (QED) is 0.0545. The minimum atomic E-state index is -0.510. The van der Waals surface area contributed by atoms with E-state index in [-0.39, 0.29) is 29.9 Å². The van der Waals surface area contributed by atoms with Crippen LogP contribution < -0.4 is 14.2 Å². The summed E-state index contributed by atoms with van der Waals surface area (Å²) in [7, 11) is 0. The van der Waals surface area contributed by atoms with Crippen molar-refractivity contribution in [3.8, 4) is 28.4 Å². The number of esters is 3. The van der Waals surface area contributed by atoms with Gasteiger partial charge in [-0.25, -0.2) is 4.79 Å². The Hall–Kier alpha value is -4.65. The molecule has 0 radical (unpaired) electrons. The van der Waals surface area contributed by atoms with Gasteiger partial charge in [-0.3, -0.25) is 9.59 Å². The Balaban J connectivity index is 0.801. The predicted molar refractivity (Wildman–Crippen MR) is 246 cm³/mol. The monoisotopic (exact) mass is 843 g/mol. The fourth-order valence-electron chi connectivity index (χ4n) is 12.2. The fraction of sp³-hybridized carbons (Fsp3) is 0.545. The normalized spacial score (nSPS) is 26.9. The molecular formula is C55H70O7. The molecule has 7 rings (SSSR count). The molecule has 0 aromatic heterocycles. The summed E-state index contributed by atoms with van der Waals surface area (Å²) in [5.74, 6) is 5.35. The number of carbonyl (C=O) groups excluding carboxylic acids is 3. The van der Waals surface area contributed by atoms with Gasteiger partial charge in [-0.1, -0.05) is 102 Å². The first-order valence-corrected chi connectivity index (χ1v) is 23.7. The average Bonchev–Trinajstić information content (AvgIpc) is 3.62. The number of carbonyl (C=O) groups is 3. The van der Waals surface area contributed by atoms with Gasteiger partial charge in [-0.15, -0.1) is 0 Å². The van der Waals surface area contributed by atoms with E-state index in [1.165, 1.54) is 56.9 Å². The summed E-state index contributed by atoms with van der Waals surface area (Å²) in [5, 5.41) is 0. The third-order valence-corrected chi connectivity index (χ3v) is 15.5. The number of ether oxygens (including phenoxy) is 4. The number of hydrogen-bond acceptors (Lipinski definition) is 7. The summed E-state index contributed by atoms with van der Waals surface area (Å²) in [6.45, 7) is 16.6. The highest BCUT2D eigenvalue weighted by Crippen LogP contribution is 2.67. The maximum Gasteiger partial charge on any atom is 0.343 e. The molecule has 4 aliphatic carbocycles. The standard InChI is InChI=1S/C55H70O7/c1-7-35-59-43-22-15-39(16-23-43)40-17-24-45(25-18-40)62-53(58)41-19-26-44(27-20-41)60-51(56)13-8-9-14-52(57)61-46-31-33-54(5)42(36-46)21-28-47-49-30-29-48(38(4)12-10-11-37(2)3)55(49,6)34-32-50(47)54/h7,15-27,37-38,46-50H,1,8-14,28-36H2,2-6H3/t38-,46+,47+,48-,49+,50+,54+,55-/m1/s1. The van der Waals surface area contributed by atoms with E-state index >= 15 is 0 Å². The lowest BCUT2D eigenvalue weighted by atomic mass is 9.47. The largest absolute Gasteiger partial charge is 0.490 e. The third kappa shape index (κ3) is 10.6. The van der Waals surface area contributed by atoms with E-state index in [0.29, 0.717) is 48.3 Å². The van der Waals surface area contributed by atoms with Gasteiger partial charge in [0.25, 0.3) is 0 Å². The maximum absolute atomic E-state index is 13.0. The summed E-state index contributed by atoms with van der Waals surface area (Å²) >= 11 is 0. The zero-order valence-electron chi connectivity index (χ0n) is 38.0. The van der Waals surface area contributed by atoms with Gasteiger partial charge in [0.1, 0.15) is 30.0 Å². The van der Waals surface area contributed by atoms with Crippen LogP contribution in [0.1, 0.15) is 141 Å². The Morgan fingerprint density at radius 2 is 1.37 bits per heavy atom. The van der Waals surface area contributed by atoms with Crippen LogP contribution in [0.25, 0.3) is 11.1 Å². The summed E-state index contributed by atoms with van der Waals surface area (Å²) in [6.07, 6.45) is 19.5. The van der Waals surface area contributed by atoms with Gasteiger partial charge in [0, 0.05) is 19.3 Å². The van der Waals surface area contributed by atoms with Crippen molar-refractivity contribution < 1.29 is 33.3 Å². The van der Waals surface area contributed by atoms with Crippen LogP contribution >= 0.6 is 0 Å². The average molecular weight is 843 g/mol. The van der Waals surface area contributed by atoms with Crippen molar-refractivity contribution >= 4 is 17.9 Å². The van der Waals surface area contributed by atoms with Crippen molar-refractivity contribution in [2.75, 3.05) is 6.61 Å². The molecule has 4 aliphatic rings. The number of rotatable bonds is 18. The van der Waals surface area contributed by atoms with Crippen molar-refractivity contribution in [3.05, 3.63) is 103 Å². The highest BCUT2D eigenvalue weighted by Gasteiger charge is 2.59. The van der Waals surface area contributed by atoms with Crippen LogP contribution in [0.2, 0.25) is 0 Å². The zero-order chi connectivity index (χ0) is 43.9. The lowest BCUT2D eigenvalue weighted by Gasteiger charge is -2.58. The number of fused-ring (bicyclic) bond motifs is 5. The summed E-state index contributed by atoms with van der Waals surface area (Å²) in [4.78, 5) is 38.4. The Kier molecular flexibility index (Phi) is 14.8. The smallest absolute Gasteiger partial charge is 0.343 e. The van der Waals surface area contributed by atoms with Gasteiger partial charge in [-0.05, 0) is 164 Å². The minimum Gasteiger partial charge on any atom is -0.490 e.